The Hall–Kier alpha value is -2.07. The molecule has 3 nitrogen and oxygen atoms in total. The smallest absolute Gasteiger partial charge is 0.124 e. The number of nitrogens with one attached hydrogen (secondary N) is 1. The van der Waals surface area contributed by atoms with Gasteiger partial charge < -0.3 is 15.2 Å². The molecule has 0 heterocycles. The van der Waals surface area contributed by atoms with E-state index in [1.54, 1.807) is 30.3 Å². The van der Waals surface area contributed by atoms with E-state index in [0.29, 0.717) is 18.9 Å². The molecule has 0 amide bonds. The van der Waals surface area contributed by atoms with Crippen LogP contribution in [-0.4, -0.2) is 11.7 Å². The Kier molecular flexibility index (Phi) is 5.58. The number of ether oxygens (including phenoxy) is 1. The average Bonchev–Trinajstić information content (AvgIpc) is 2.48. The third-order valence-corrected chi connectivity index (χ3v) is 3.10. The number of aromatic hydroxyl groups is 1. The van der Waals surface area contributed by atoms with Crippen molar-refractivity contribution < 1.29 is 14.2 Å². The molecule has 0 aliphatic carbocycles. The molecule has 0 aliphatic rings. The van der Waals surface area contributed by atoms with Gasteiger partial charge in [0.15, 0.2) is 0 Å². The van der Waals surface area contributed by atoms with Gasteiger partial charge in [0.05, 0.1) is 0 Å². The SMILES string of the molecule is CCCNCc1cc(F)ccc1OCc1ccc(O)cc1. The molecule has 0 unspecified atom stereocenters. The van der Waals surface area contributed by atoms with Gasteiger partial charge in [-0.05, 0) is 48.9 Å². The molecule has 0 fully saturated rings. The Morgan fingerprint density at radius 2 is 1.90 bits per heavy atom. The molecule has 2 aromatic rings. The Balaban J connectivity index is 2.02. The fourth-order valence-corrected chi connectivity index (χ4v) is 1.98. The minimum Gasteiger partial charge on any atom is -0.508 e. The zero-order chi connectivity index (χ0) is 15.1. The van der Waals surface area contributed by atoms with Crippen molar-refractivity contribution in [1.82, 2.24) is 5.32 Å². The highest BCUT2D eigenvalue weighted by molar-refractivity contribution is 5.34. The average molecular weight is 289 g/mol. The first kappa shape index (κ1) is 15.3. The molecule has 4 heteroatoms. The third-order valence-electron chi connectivity index (χ3n) is 3.10. The van der Waals surface area contributed by atoms with Crippen LogP contribution in [0.3, 0.4) is 0 Å². The maximum Gasteiger partial charge on any atom is 0.124 e. The lowest BCUT2D eigenvalue weighted by molar-refractivity contribution is 0.301. The topological polar surface area (TPSA) is 41.5 Å². The van der Waals surface area contributed by atoms with Crippen LogP contribution in [-0.2, 0) is 13.2 Å². The Labute approximate surface area is 124 Å². The van der Waals surface area contributed by atoms with Crippen LogP contribution in [0.2, 0.25) is 0 Å². The van der Waals surface area contributed by atoms with Crippen molar-refractivity contribution in [3.05, 3.63) is 59.4 Å². The number of hydrogen-bond donors (Lipinski definition) is 2. The first-order chi connectivity index (χ1) is 10.2. The first-order valence-electron chi connectivity index (χ1n) is 7.09. The number of benzene rings is 2. The second kappa shape index (κ2) is 7.64. The number of halogens is 1. The predicted molar refractivity (Wildman–Crippen MR) is 80.8 cm³/mol. The molecule has 0 radical (unpaired) electrons. The maximum atomic E-state index is 13.4. The molecule has 2 aromatic carbocycles. The van der Waals surface area contributed by atoms with Crippen molar-refractivity contribution in [2.24, 2.45) is 0 Å². The van der Waals surface area contributed by atoms with E-state index in [1.165, 1.54) is 12.1 Å². The Morgan fingerprint density at radius 1 is 1.14 bits per heavy atom. The summed E-state index contributed by atoms with van der Waals surface area (Å²) in [6.07, 6.45) is 1.03. The van der Waals surface area contributed by atoms with Gasteiger partial charge in [-0.2, -0.15) is 0 Å². The van der Waals surface area contributed by atoms with E-state index in [0.717, 1.165) is 24.1 Å². The second-order valence-corrected chi connectivity index (χ2v) is 4.88. The summed E-state index contributed by atoms with van der Waals surface area (Å²) in [5.41, 5.74) is 1.76. The van der Waals surface area contributed by atoms with Crippen molar-refractivity contribution in [2.75, 3.05) is 6.54 Å². The molecule has 2 rings (SSSR count). The summed E-state index contributed by atoms with van der Waals surface area (Å²) in [4.78, 5) is 0. The van der Waals surface area contributed by atoms with Crippen LogP contribution in [0.15, 0.2) is 42.5 Å². The molecule has 0 aromatic heterocycles. The molecule has 21 heavy (non-hydrogen) atoms. The third kappa shape index (κ3) is 4.76. The van der Waals surface area contributed by atoms with Gasteiger partial charge in [0, 0.05) is 12.1 Å². The zero-order valence-electron chi connectivity index (χ0n) is 12.1. The minimum absolute atomic E-state index is 0.227. The molecule has 0 atom stereocenters. The van der Waals surface area contributed by atoms with Gasteiger partial charge in [-0.1, -0.05) is 19.1 Å². The predicted octanol–water partition coefficient (Wildman–Crippen LogP) is 3.61. The Bertz CT molecular complexity index is 570. The monoisotopic (exact) mass is 289 g/mol. The van der Waals surface area contributed by atoms with Gasteiger partial charge in [0.25, 0.3) is 0 Å². The van der Waals surface area contributed by atoms with Gasteiger partial charge in [0.2, 0.25) is 0 Å². The van der Waals surface area contributed by atoms with Crippen molar-refractivity contribution >= 4 is 0 Å². The summed E-state index contributed by atoms with van der Waals surface area (Å²) in [6, 6.07) is 11.4. The number of rotatable bonds is 7. The lowest BCUT2D eigenvalue weighted by Crippen LogP contribution is -2.15. The number of phenols is 1. The van der Waals surface area contributed by atoms with Gasteiger partial charge in [-0.3, -0.25) is 0 Å². The largest absolute Gasteiger partial charge is 0.508 e. The van der Waals surface area contributed by atoms with Crippen LogP contribution >= 0.6 is 0 Å². The summed E-state index contributed by atoms with van der Waals surface area (Å²) in [5.74, 6) is 0.637. The quantitative estimate of drug-likeness (QED) is 0.765. The lowest BCUT2D eigenvalue weighted by Gasteiger charge is -2.12. The van der Waals surface area contributed by atoms with Crippen molar-refractivity contribution in [1.29, 1.82) is 0 Å². The molecule has 0 saturated carbocycles. The van der Waals surface area contributed by atoms with Gasteiger partial charge in [-0.25, -0.2) is 4.39 Å². The summed E-state index contributed by atoms with van der Waals surface area (Å²) in [7, 11) is 0. The van der Waals surface area contributed by atoms with Gasteiger partial charge >= 0.3 is 0 Å². The zero-order valence-corrected chi connectivity index (χ0v) is 12.1. The van der Waals surface area contributed by atoms with Crippen LogP contribution in [0, 0.1) is 5.82 Å². The van der Waals surface area contributed by atoms with E-state index >= 15 is 0 Å². The summed E-state index contributed by atoms with van der Waals surface area (Å²) in [5, 5.41) is 12.5. The van der Waals surface area contributed by atoms with Crippen LogP contribution in [0.25, 0.3) is 0 Å². The fourth-order valence-electron chi connectivity index (χ4n) is 1.98. The first-order valence-corrected chi connectivity index (χ1v) is 7.09. The van der Waals surface area contributed by atoms with E-state index < -0.39 is 0 Å². The van der Waals surface area contributed by atoms with Gasteiger partial charge in [0.1, 0.15) is 23.9 Å². The van der Waals surface area contributed by atoms with Crippen molar-refractivity contribution in [3.63, 3.8) is 0 Å². The summed E-state index contributed by atoms with van der Waals surface area (Å²) in [6.45, 7) is 3.93. The fraction of sp³-hybridized carbons (Fsp3) is 0.294. The standard InChI is InChI=1S/C17H20FNO2/c1-2-9-19-11-14-10-15(18)5-8-17(14)21-12-13-3-6-16(20)7-4-13/h3-8,10,19-20H,2,9,11-12H2,1H3. The van der Waals surface area contributed by atoms with Gasteiger partial charge in [-0.15, -0.1) is 0 Å². The molecule has 0 spiro atoms. The molecule has 0 bridgehead atoms. The van der Waals surface area contributed by atoms with Crippen molar-refractivity contribution in [2.45, 2.75) is 26.5 Å². The lowest BCUT2D eigenvalue weighted by atomic mass is 10.2. The van der Waals surface area contributed by atoms with E-state index in [2.05, 4.69) is 12.2 Å². The molecule has 2 N–H and O–H groups in total. The van der Waals surface area contributed by atoms with E-state index in [9.17, 15) is 9.50 Å². The summed E-state index contributed by atoms with van der Waals surface area (Å²) < 4.78 is 19.1. The highest BCUT2D eigenvalue weighted by Crippen LogP contribution is 2.21. The van der Waals surface area contributed by atoms with E-state index in [1.807, 2.05) is 0 Å². The highest BCUT2D eigenvalue weighted by Gasteiger charge is 2.06. The highest BCUT2D eigenvalue weighted by atomic mass is 19.1. The second-order valence-electron chi connectivity index (χ2n) is 4.88. The van der Waals surface area contributed by atoms with E-state index in [-0.39, 0.29) is 11.6 Å². The molecular formula is C17H20FNO2. The minimum atomic E-state index is -0.264. The molecular weight excluding hydrogens is 269 g/mol. The normalized spacial score (nSPS) is 10.6. The van der Waals surface area contributed by atoms with Crippen LogP contribution < -0.4 is 10.1 Å². The number of phenolic OH excluding ortho intramolecular Hbond substituents is 1. The summed E-state index contributed by atoms with van der Waals surface area (Å²) >= 11 is 0. The van der Waals surface area contributed by atoms with Crippen LogP contribution in [0.4, 0.5) is 4.39 Å². The maximum absolute atomic E-state index is 13.4. The molecule has 0 aliphatic heterocycles. The van der Waals surface area contributed by atoms with Crippen LogP contribution in [0.1, 0.15) is 24.5 Å². The van der Waals surface area contributed by atoms with Crippen molar-refractivity contribution in [3.8, 4) is 11.5 Å². The Morgan fingerprint density at radius 3 is 2.62 bits per heavy atom. The molecule has 0 saturated heterocycles. The number of hydrogen-bond acceptors (Lipinski definition) is 3. The van der Waals surface area contributed by atoms with E-state index in [4.69, 9.17) is 4.74 Å². The molecule has 112 valence electrons. The van der Waals surface area contributed by atoms with Crippen LogP contribution in [0.5, 0.6) is 11.5 Å².